The van der Waals surface area contributed by atoms with Crippen molar-refractivity contribution in [3.63, 3.8) is 0 Å². The minimum atomic E-state index is -0.150. The molecule has 4 heteroatoms. The molecule has 0 saturated heterocycles. The zero-order chi connectivity index (χ0) is 14.6. The maximum atomic E-state index is 11.5. The Labute approximate surface area is 130 Å². The highest BCUT2D eigenvalue weighted by molar-refractivity contribution is 6.34. The molecule has 0 amide bonds. The van der Waals surface area contributed by atoms with Gasteiger partial charge in [0.25, 0.3) is 0 Å². The fourth-order valence-electron chi connectivity index (χ4n) is 3.21. The van der Waals surface area contributed by atoms with Crippen LogP contribution in [0.2, 0.25) is 10.0 Å². The summed E-state index contributed by atoms with van der Waals surface area (Å²) in [6, 6.07) is 5.75. The summed E-state index contributed by atoms with van der Waals surface area (Å²) in [6.07, 6.45) is 7.04. The number of hydrogen-bond acceptors (Lipinski definition) is 2. The Balaban J connectivity index is 2.27. The van der Waals surface area contributed by atoms with Crippen LogP contribution in [0, 0.1) is 0 Å². The third kappa shape index (κ3) is 3.67. The van der Waals surface area contributed by atoms with Crippen LogP contribution >= 0.6 is 23.2 Å². The van der Waals surface area contributed by atoms with Gasteiger partial charge in [0.15, 0.2) is 0 Å². The Morgan fingerprint density at radius 1 is 1.15 bits per heavy atom. The molecule has 0 N–H and O–H groups in total. The standard InChI is InChI=1S/C16H20Cl2O2/c1-20-15(19)5-8-16(6-3-2-4-7-16)12-9-13(17)11-14(18)10-12/h9-11H,2-8H2,1H3. The zero-order valence-corrected chi connectivity index (χ0v) is 13.3. The molecule has 0 atom stereocenters. The molecule has 0 aromatic heterocycles. The molecular weight excluding hydrogens is 295 g/mol. The van der Waals surface area contributed by atoms with Crippen LogP contribution in [-0.2, 0) is 14.9 Å². The van der Waals surface area contributed by atoms with E-state index in [2.05, 4.69) is 0 Å². The molecule has 0 radical (unpaired) electrons. The summed E-state index contributed by atoms with van der Waals surface area (Å²) in [5, 5.41) is 1.33. The molecule has 1 aliphatic carbocycles. The van der Waals surface area contributed by atoms with Crippen LogP contribution in [0.25, 0.3) is 0 Å². The van der Waals surface area contributed by atoms with E-state index in [1.54, 1.807) is 6.07 Å². The number of benzene rings is 1. The average molecular weight is 315 g/mol. The van der Waals surface area contributed by atoms with Gasteiger partial charge in [0.05, 0.1) is 7.11 Å². The maximum Gasteiger partial charge on any atom is 0.305 e. The Hall–Kier alpha value is -0.730. The van der Waals surface area contributed by atoms with Gasteiger partial charge in [-0.15, -0.1) is 0 Å². The molecule has 0 unspecified atom stereocenters. The van der Waals surface area contributed by atoms with Crippen LogP contribution in [-0.4, -0.2) is 13.1 Å². The maximum absolute atomic E-state index is 11.5. The first kappa shape index (κ1) is 15.7. The van der Waals surface area contributed by atoms with Gasteiger partial charge in [-0.1, -0.05) is 42.5 Å². The van der Waals surface area contributed by atoms with Crippen LogP contribution in [0.5, 0.6) is 0 Å². The molecule has 1 aromatic carbocycles. The molecular formula is C16H20Cl2O2. The molecule has 2 rings (SSSR count). The number of ether oxygens (including phenoxy) is 1. The smallest absolute Gasteiger partial charge is 0.305 e. The van der Waals surface area contributed by atoms with Crippen molar-refractivity contribution < 1.29 is 9.53 Å². The Morgan fingerprint density at radius 3 is 2.30 bits per heavy atom. The molecule has 20 heavy (non-hydrogen) atoms. The van der Waals surface area contributed by atoms with Gasteiger partial charge in [-0.25, -0.2) is 0 Å². The van der Waals surface area contributed by atoms with Gasteiger partial charge in [0, 0.05) is 16.5 Å². The first-order valence-corrected chi connectivity index (χ1v) is 7.85. The molecule has 110 valence electrons. The highest BCUT2D eigenvalue weighted by Gasteiger charge is 2.34. The summed E-state index contributed by atoms with van der Waals surface area (Å²) in [4.78, 5) is 11.5. The fourth-order valence-corrected chi connectivity index (χ4v) is 3.74. The van der Waals surface area contributed by atoms with Crippen molar-refractivity contribution in [1.82, 2.24) is 0 Å². The monoisotopic (exact) mass is 314 g/mol. The number of halogens is 2. The Bertz CT molecular complexity index is 459. The summed E-state index contributed by atoms with van der Waals surface area (Å²) in [5.41, 5.74) is 1.18. The highest BCUT2D eigenvalue weighted by atomic mass is 35.5. The van der Waals surface area contributed by atoms with E-state index in [4.69, 9.17) is 27.9 Å². The summed E-state index contributed by atoms with van der Waals surface area (Å²) < 4.78 is 4.78. The van der Waals surface area contributed by atoms with E-state index in [-0.39, 0.29) is 11.4 Å². The zero-order valence-electron chi connectivity index (χ0n) is 11.8. The Morgan fingerprint density at radius 2 is 1.75 bits per heavy atom. The van der Waals surface area contributed by atoms with Crippen LogP contribution in [0.3, 0.4) is 0 Å². The lowest BCUT2D eigenvalue weighted by Crippen LogP contribution is -2.30. The predicted octanol–water partition coefficient (Wildman–Crippen LogP) is 5.15. The Kier molecular flexibility index (Phi) is 5.34. The normalized spacial score (nSPS) is 17.8. The lowest BCUT2D eigenvalue weighted by atomic mass is 9.67. The van der Waals surface area contributed by atoms with Gasteiger partial charge in [-0.3, -0.25) is 4.79 Å². The molecule has 0 aliphatic heterocycles. The summed E-state index contributed by atoms with van der Waals surface area (Å²) in [6.45, 7) is 0. The van der Waals surface area contributed by atoms with E-state index in [9.17, 15) is 4.79 Å². The summed E-state index contributed by atoms with van der Waals surface area (Å²) in [5.74, 6) is -0.150. The summed E-state index contributed by atoms with van der Waals surface area (Å²) in [7, 11) is 1.44. The second-order valence-corrected chi connectivity index (χ2v) is 6.45. The number of carbonyl (C=O) groups is 1. The second kappa shape index (κ2) is 6.82. The quantitative estimate of drug-likeness (QED) is 0.718. The van der Waals surface area contributed by atoms with Gasteiger partial charge in [-0.2, -0.15) is 0 Å². The fraction of sp³-hybridized carbons (Fsp3) is 0.562. The minimum Gasteiger partial charge on any atom is -0.469 e. The highest BCUT2D eigenvalue weighted by Crippen LogP contribution is 2.44. The van der Waals surface area contributed by atoms with Crippen LogP contribution in [0.1, 0.15) is 50.5 Å². The number of methoxy groups -OCH3 is 1. The van der Waals surface area contributed by atoms with Crippen molar-refractivity contribution in [1.29, 1.82) is 0 Å². The van der Waals surface area contributed by atoms with E-state index in [1.165, 1.54) is 31.9 Å². The molecule has 1 aromatic rings. The van der Waals surface area contributed by atoms with Gasteiger partial charge in [-0.05, 0) is 48.4 Å². The van der Waals surface area contributed by atoms with E-state index >= 15 is 0 Å². The number of esters is 1. The van der Waals surface area contributed by atoms with Crippen molar-refractivity contribution in [3.05, 3.63) is 33.8 Å². The molecule has 0 spiro atoms. The van der Waals surface area contributed by atoms with E-state index in [0.29, 0.717) is 16.5 Å². The molecule has 0 heterocycles. The molecule has 1 saturated carbocycles. The van der Waals surface area contributed by atoms with Crippen molar-refractivity contribution >= 4 is 29.2 Å². The van der Waals surface area contributed by atoms with E-state index in [0.717, 1.165) is 19.3 Å². The second-order valence-electron chi connectivity index (χ2n) is 5.58. The molecule has 0 bridgehead atoms. The predicted molar refractivity (Wildman–Crippen MR) is 82.5 cm³/mol. The summed E-state index contributed by atoms with van der Waals surface area (Å²) >= 11 is 12.3. The average Bonchev–Trinajstić information content (AvgIpc) is 2.44. The SMILES string of the molecule is COC(=O)CCC1(c2cc(Cl)cc(Cl)c2)CCCCC1. The van der Waals surface area contributed by atoms with Gasteiger partial charge in [0.2, 0.25) is 0 Å². The number of rotatable bonds is 4. The van der Waals surface area contributed by atoms with Crippen molar-refractivity contribution in [2.75, 3.05) is 7.11 Å². The third-order valence-electron chi connectivity index (χ3n) is 4.32. The molecule has 1 fully saturated rings. The molecule has 1 aliphatic rings. The van der Waals surface area contributed by atoms with E-state index in [1.807, 2.05) is 12.1 Å². The van der Waals surface area contributed by atoms with Crippen molar-refractivity contribution in [2.45, 2.75) is 50.4 Å². The van der Waals surface area contributed by atoms with Crippen molar-refractivity contribution in [2.24, 2.45) is 0 Å². The molecule has 2 nitrogen and oxygen atoms in total. The lowest BCUT2D eigenvalue weighted by Gasteiger charge is -2.38. The first-order valence-electron chi connectivity index (χ1n) is 7.09. The van der Waals surface area contributed by atoms with Crippen LogP contribution in [0.4, 0.5) is 0 Å². The van der Waals surface area contributed by atoms with Gasteiger partial charge < -0.3 is 4.74 Å². The van der Waals surface area contributed by atoms with Gasteiger partial charge >= 0.3 is 5.97 Å². The number of hydrogen-bond donors (Lipinski definition) is 0. The van der Waals surface area contributed by atoms with Crippen LogP contribution in [0.15, 0.2) is 18.2 Å². The third-order valence-corrected chi connectivity index (χ3v) is 4.76. The largest absolute Gasteiger partial charge is 0.469 e. The van der Waals surface area contributed by atoms with Gasteiger partial charge in [0.1, 0.15) is 0 Å². The first-order chi connectivity index (χ1) is 9.55. The van der Waals surface area contributed by atoms with Crippen LogP contribution < -0.4 is 0 Å². The topological polar surface area (TPSA) is 26.3 Å². The van der Waals surface area contributed by atoms with Crippen molar-refractivity contribution in [3.8, 4) is 0 Å². The number of carbonyl (C=O) groups excluding carboxylic acids is 1. The minimum absolute atomic E-state index is 0.0149. The lowest BCUT2D eigenvalue weighted by molar-refractivity contribution is -0.141. The van der Waals surface area contributed by atoms with E-state index < -0.39 is 0 Å².